The molecule has 0 heterocycles. The van der Waals surface area contributed by atoms with Gasteiger partial charge < -0.3 is 14.6 Å². The van der Waals surface area contributed by atoms with Gasteiger partial charge in [-0.2, -0.15) is 0 Å². The lowest BCUT2D eigenvalue weighted by atomic mass is 9.93. The third-order valence-corrected chi connectivity index (χ3v) is 4.24. The van der Waals surface area contributed by atoms with Crippen LogP contribution in [0.25, 0.3) is 0 Å². The summed E-state index contributed by atoms with van der Waals surface area (Å²) in [5, 5.41) is 10.7. The fraction of sp³-hybridized carbons (Fsp3) is 0.333. The summed E-state index contributed by atoms with van der Waals surface area (Å²) in [6, 6.07) is 14.0. The van der Waals surface area contributed by atoms with E-state index in [0.29, 0.717) is 11.5 Å². The second kappa shape index (κ2) is 5.78. The van der Waals surface area contributed by atoms with Crippen LogP contribution in [0.4, 0.5) is 0 Å². The van der Waals surface area contributed by atoms with Crippen molar-refractivity contribution in [1.82, 2.24) is 0 Å². The molecule has 2 aromatic rings. The maximum Gasteiger partial charge on any atom is 0.122 e. The zero-order valence-electron chi connectivity index (χ0n) is 12.4. The van der Waals surface area contributed by atoms with Crippen molar-refractivity contribution in [2.75, 3.05) is 14.2 Å². The van der Waals surface area contributed by atoms with Crippen molar-refractivity contribution < 1.29 is 14.6 Å². The third-order valence-electron chi connectivity index (χ3n) is 4.24. The van der Waals surface area contributed by atoms with Gasteiger partial charge in [-0.05, 0) is 47.6 Å². The van der Waals surface area contributed by atoms with Crippen LogP contribution < -0.4 is 9.47 Å². The summed E-state index contributed by atoms with van der Waals surface area (Å²) in [5.41, 5.74) is 3.54. The summed E-state index contributed by atoms with van der Waals surface area (Å²) in [7, 11) is 3.24. The van der Waals surface area contributed by atoms with Crippen molar-refractivity contribution in [1.29, 1.82) is 0 Å². The van der Waals surface area contributed by atoms with Gasteiger partial charge in [0.05, 0.1) is 20.3 Å². The molecule has 0 saturated carbocycles. The van der Waals surface area contributed by atoms with Crippen LogP contribution in [0.5, 0.6) is 11.5 Å². The third kappa shape index (κ3) is 2.74. The smallest absolute Gasteiger partial charge is 0.122 e. The van der Waals surface area contributed by atoms with E-state index in [4.69, 9.17) is 9.47 Å². The monoisotopic (exact) mass is 284 g/mol. The summed E-state index contributed by atoms with van der Waals surface area (Å²) in [4.78, 5) is 0. The Balaban J connectivity index is 1.85. The highest BCUT2D eigenvalue weighted by Gasteiger charge is 2.28. The Kier molecular flexibility index (Phi) is 3.84. The molecule has 1 atom stereocenters. The van der Waals surface area contributed by atoms with Crippen LogP contribution >= 0.6 is 0 Å². The van der Waals surface area contributed by atoms with Crippen LogP contribution in [0.15, 0.2) is 42.5 Å². The van der Waals surface area contributed by atoms with Gasteiger partial charge in [0.1, 0.15) is 11.5 Å². The molecule has 0 saturated heterocycles. The highest BCUT2D eigenvalue weighted by atomic mass is 16.5. The molecule has 0 radical (unpaired) electrons. The molecule has 110 valence electrons. The number of fused-ring (bicyclic) bond motifs is 1. The van der Waals surface area contributed by atoms with Gasteiger partial charge >= 0.3 is 0 Å². The van der Waals surface area contributed by atoms with E-state index in [9.17, 15) is 5.11 Å². The molecule has 0 aromatic heterocycles. The summed E-state index contributed by atoms with van der Waals surface area (Å²) in [6.45, 7) is 0. The summed E-state index contributed by atoms with van der Waals surface area (Å²) in [5.74, 6) is 1.62. The Hall–Kier alpha value is -2.00. The number of benzene rings is 2. The Morgan fingerprint density at radius 2 is 1.48 bits per heavy atom. The minimum absolute atomic E-state index is 0.208. The van der Waals surface area contributed by atoms with E-state index in [1.807, 2.05) is 18.2 Å². The first kappa shape index (κ1) is 14.0. The molecule has 1 unspecified atom stereocenters. The van der Waals surface area contributed by atoms with E-state index in [-0.39, 0.29) is 5.92 Å². The van der Waals surface area contributed by atoms with Crippen molar-refractivity contribution in [3.05, 3.63) is 59.2 Å². The molecule has 21 heavy (non-hydrogen) atoms. The Morgan fingerprint density at radius 3 is 1.95 bits per heavy atom. The first-order valence-electron chi connectivity index (χ1n) is 7.19. The fourth-order valence-electron chi connectivity index (χ4n) is 3.09. The molecule has 3 rings (SSSR count). The highest BCUT2D eigenvalue weighted by Crippen LogP contribution is 2.37. The molecule has 0 spiro atoms. The van der Waals surface area contributed by atoms with Crippen LogP contribution in [-0.2, 0) is 12.8 Å². The lowest BCUT2D eigenvalue weighted by molar-refractivity contribution is 0.113. The van der Waals surface area contributed by atoms with Gasteiger partial charge in [0, 0.05) is 6.07 Å². The van der Waals surface area contributed by atoms with Crippen LogP contribution in [-0.4, -0.2) is 19.3 Å². The molecule has 3 heteroatoms. The van der Waals surface area contributed by atoms with Crippen molar-refractivity contribution in [3.63, 3.8) is 0 Å². The number of ether oxygens (including phenoxy) is 2. The van der Waals surface area contributed by atoms with Crippen molar-refractivity contribution >= 4 is 0 Å². The van der Waals surface area contributed by atoms with Crippen LogP contribution in [0.2, 0.25) is 0 Å². The molecule has 2 aromatic carbocycles. The standard InChI is InChI=1S/C18H20O3/c1-20-16-9-15(10-17(11-16)21-2)18(19)14-7-12-5-3-4-6-13(12)8-14/h3-6,9-11,14,18-19H,7-8H2,1-2H3. The van der Waals surface area contributed by atoms with E-state index in [1.165, 1.54) is 11.1 Å². The van der Waals surface area contributed by atoms with Crippen LogP contribution in [0.3, 0.4) is 0 Å². The molecule has 1 aliphatic carbocycles. The van der Waals surface area contributed by atoms with Gasteiger partial charge in [-0.15, -0.1) is 0 Å². The van der Waals surface area contributed by atoms with Crippen molar-refractivity contribution in [2.45, 2.75) is 18.9 Å². The number of methoxy groups -OCH3 is 2. The quantitative estimate of drug-likeness (QED) is 0.937. The maximum atomic E-state index is 10.7. The molecule has 0 amide bonds. The Labute approximate surface area is 125 Å². The van der Waals surface area contributed by atoms with Crippen LogP contribution in [0.1, 0.15) is 22.8 Å². The highest BCUT2D eigenvalue weighted by molar-refractivity contribution is 5.41. The molecular formula is C18H20O3. The zero-order valence-corrected chi connectivity index (χ0v) is 12.4. The molecule has 0 bridgehead atoms. The molecule has 0 aliphatic heterocycles. The van der Waals surface area contributed by atoms with Gasteiger partial charge in [0.25, 0.3) is 0 Å². The Bertz CT molecular complexity index is 589. The maximum absolute atomic E-state index is 10.7. The lowest BCUT2D eigenvalue weighted by Gasteiger charge is -2.19. The van der Waals surface area contributed by atoms with E-state index in [0.717, 1.165) is 18.4 Å². The second-order valence-electron chi connectivity index (χ2n) is 5.53. The van der Waals surface area contributed by atoms with E-state index in [1.54, 1.807) is 14.2 Å². The summed E-state index contributed by atoms with van der Waals surface area (Å²) >= 11 is 0. The molecule has 1 aliphatic rings. The normalized spacial score (nSPS) is 15.6. The largest absolute Gasteiger partial charge is 0.497 e. The lowest BCUT2D eigenvalue weighted by Crippen LogP contribution is -2.13. The van der Waals surface area contributed by atoms with Gasteiger partial charge in [-0.1, -0.05) is 24.3 Å². The first-order chi connectivity index (χ1) is 10.2. The average Bonchev–Trinajstić information content (AvgIpc) is 2.97. The number of aliphatic hydroxyl groups is 1. The summed E-state index contributed by atoms with van der Waals surface area (Å²) < 4.78 is 10.6. The number of rotatable bonds is 4. The van der Waals surface area contributed by atoms with Gasteiger partial charge in [-0.25, -0.2) is 0 Å². The predicted octanol–water partition coefficient (Wildman–Crippen LogP) is 3.15. The molecular weight excluding hydrogens is 264 g/mol. The van der Waals surface area contributed by atoms with Crippen molar-refractivity contribution in [2.24, 2.45) is 5.92 Å². The minimum atomic E-state index is -0.513. The van der Waals surface area contributed by atoms with Crippen molar-refractivity contribution in [3.8, 4) is 11.5 Å². The van der Waals surface area contributed by atoms with Gasteiger partial charge in [0.15, 0.2) is 0 Å². The van der Waals surface area contributed by atoms with E-state index in [2.05, 4.69) is 24.3 Å². The zero-order chi connectivity index (χ0) is 14.8. The molecule has 1 N–H and O–H groups in total. The van der Waals surface area contributed by atoms with Gasteiger partial charge in [0.2, 0.25) is 0 Å². The number of hydrogen-bond donors (Lipinski definition) is 1. The van der Waals surface area contributed by atoms with Gasteiger partial charge in [-0.3, -0.25) is 0 Å². The van der Waals surface area contributed by atoms with E-state index < -0.39 is 6.10 Å². The minimum Gasteiger partial charge on any atom is -0.497 e. The molecule has 0 fully saturated rings. The number of aliphatic hydroxyl groups excluding tert-OH is 1. The predicted molar refractivity (Wildman–Crippen MR) is 81.8 cm³/mol. The van der Waals surface area contributed by atoms with Crippen LogP contribution in [0, 0.1) is 5.92 Å². The fourth-order valence-corrected chi connectivity index (χ4v) is 3.09. The molecule has 3 nitrogen and oxygen atoms in total. The average molecular weight is 284 g/mol. The Morgan fingerprint density at radius 1 is 0.952 bits per heavy atom. The number of hydrogen-bond acceptors (Lipinski definition) is 3. The van der Waals surface area contributed by atoms with E-state index >= 15 is 0 Å². The second-order valence-corrected chi connectivity index (χ2v) is 5.53. The summed E-state index contributed by atoms with van der Waals surface area (Å²) in [6.07, 6.45) is 1.31. The first-order valence-corrected chi connectivity index (χ1v) is 7.19. The SMILES string of the molecule is COc1cc(OC)cc(C(O)C2Cc3ccccc3C2)c1. The topological polar surface area (TPSA) is 38.7 Å².